The Morgan fingerprint density at radius 2 is 1.71 bits per heavy atom. The third-order valence-electron chi connectivity index (χ3n) is 6.59. The molecule has 35 heavy (non-hydrogen) atoms. The summed E-state index contributed by atoms with van der Waals surface area (Å²) in [6.07, 6.45) is 2.49. The Balaban J connectivity index is 1.46. The van der Waals surface area contributed by atoms with Crippen molar-refractivity contribution < 1.29 is 9.18 Å². The molecule has 0 bridgehead atoms. The van der Waals surface area contributed by atoms with Crippen molar-refractivity contribution >= 4 is 17.4 Å². The van der Waals surface area contributed by atoms with Gasteiger partial charge >= 0.3 is 0 Å². The summed E-state index contributed by atoms with van der Waals surface area (Å²) in [7, 11) is 1.90. The van der Waals surface area contributed by atoms with Crippen LogP contribution in [0.5, 0.6) is 0 Å². The number of nitrogens with one attached hydrogen (secondary N) is 2. The van der Waals surface area contributed by atoms with Crippen molar-refractivity contribution in [3.05, 3.63) is 101 Å². The summed E-state index contributed by atoms with van der Waals surface area (Å²) in [6, 6.07) is 22.8. The van der Waals surface area contributed by atoms with Gasteiger partial charge in [0.1, 0.15) is 22.9 Å². The molecule has 1 amide bonds. The molecule has 5 rings (SSSR count). The molecule has 1 aromatic heterocycles. The molecule has 1 atom stereocenters. The summed E-state index contributed by atoms with van der Waals surface area (Å²) in [5.41, 5.74) is 12.1. The number of benzene rings is 3. The SMILES string of the molecule is CNc1ccccc1C1CCNc2c(C(N)=O)c(-c3ccc(CCc4ccc(F)cc4)cc3)nn21. The van der Waals surface area contributed by atoms with Crippen LogP contribution in [0.3, 0.4) is 0 Å². The van der Waals surface area contributed by atoms with E-state index in [1.165, 1.54) is 12.1 Å². The van der Waals surface area contributed by atoms with Crippen LogP contribution in [-0.2, 0) is 12.8 Å². The van der Waals surface area contributed by atoms with Gasteiger partial charge in [0.05, 0.1) is 6.04 Å². The van der Waals surface area contributed by atoms with Gasteiger partial charge in [0, 0.05) is 24.8 Å². The van der Waals surface area contributed by atoms with Gasteiger partial charge in [0.2, 0.25) is 0 Å². The number of hydrogen-bond acceptors (Lipinski definition) is 4. The molecule has 0 aliphatic carbocycles. The molecule has 1 aliphatic rings. The molecule has 0 radical (unpaired) electrons. The summed E-state index contributed by atoms with van der Waals surface area (Å²) < 4.78 is 15.0. The number of carbonyl (C=O) groups is 1. The third kappa shape index (κ3) is 4.49. The van der Waals surface area contributed by atoms with Crippen LogP contribution in [0.1, 0.15) is 39.5 Å². The van der Waals surface area contributed by atoms with Crippen LogP contribution in [0.15, 0.2) is 72.8 Å². The average Bonchev–Trinajstić information content (AvgIpc) is 3.29. The number of fused-ring (bicyclic) bond motifs is 1. The van der Waals surface area contributed by atoms with Crippen molar-refractivity contribution in [2.75, 3.05) is 24.2 Å². The Bertz CT molecular complexity index is 1350. The summed E-state index contributed by atoms with van der Waals surface area (Å²) in [4.78, 5) is 12.5. The van der Waals surface area contributed by atoms with Crippen molar-refractivity contribution in [3.63, 3.8) is 0 Å². The van der Waals surface area contributed by atoms with E-state index in [1.54, 1.807) is 0 Å². The average molecular weight is 470 g/mol. The maximum Gasteiger partial charge on any atom is 0.254 e. The quantitative estimate of drug-likeness (QED) is 0.355. The second kappa shape index (κ2) is 9.62. The minimum absolute atomic E-state index is 0.0169. The van der Waals surface area contributed by atoms with Crippen molar-refractivity contribution in [1.29, 1.82) is 0 Å². The summed E-state index contributed by atoms with van der Waals surface area (Å²) >= 11 is 0. The second-order valence-corrected chi connectivity index (χ2v) is 8.77. The molecule has 0 spiro atoms. The highest BCUT2D eigenvalue weighted by molar-refractivity contribution is 6.04. The zero-order valence-electron chi connectivity index (χ0n) is 19.6. The van der Waals surface area contributed by atoms with Gasteiger partial charge in [-0.3, -0.25) is 4.79 Å². The van der Waals surface area contributed by atoms with E-state index in [0.29, 0.717) is 17.1 Å². The van der Waals surface area contributed by atoms with Crippen molar-refractivity contribution in [1.82, 2.24) is 9.78 Å². The Labute approximate surface area is 204 Å². The first kappa shape index (κ1) is 22.7. The summed E-state index contributed by atoms with van der Waals surface area (Å²) in [5, 5.41) is 11.5. The zero-order chi connectivity index (χ0) is 24.4. The fourth-order valence-electron chi connectivity index (χ4n) is 4.79. The highest BCUT2D eigenvalue weighted by Gasteiger charge is 2.31. The lowest BCUT2D eigenvalue weighted by molar-refractivity contribution is 0.100. The molecular weight excluding hydrogens is 441 g/mol. The van der Waals surface area contributed by atoms with E-state index in [2.05, 4.69) is 16.7 Å². The summed E-state index contributed by atoms with van der Waals surface area (Å²) in [5.74, 6) is -0.0657. The first-order valence-corrected chi connectivity index (χ1v) is 11.8. The summed E-state index contributed by atoms with van der Waals surface area (Å²) in [6.45, 7) is 0.719. The van der Waals surface area contributed by atoms with Crippen LogP contribution < -0.4 is 16.4 Å². The molecule has 6 nitrogen and oxygen atoms in total. The topological polar surface area (TPSA) is 85.0 Å². The smallest absolute Gasteiger partial charge is 0.254 e. The van der Waals surface area contributed by atoms with E-state index < -0.39 is 5.91 Å². The van der Waals surface area contributed by atoms with Crippen LogP contribution in [0.25, 0.3) is 11.3 Å². The maximum absolute atomic E-state index is 13.1. The largest absolute Gasteiger partial charge is 0.388 e. The number of nitrogens with zero attached hydrogens (tertiary/aromatic N) is 2. The predicted molar refractivity (Wildman–Crippen MR) is 137 cm³/mol. The Morgan fingerprint density at radius 3 is 2.37 bits per heavy atom. The van der Waals surface area contributed by atoms with Gasteiger partial charge < -0.3 is 16.4 Å². The standard InChI is InChI=1S/C28H28FN5O/c1-31-23-5-3-2-4-22(23)24-16-17-32-28-25(27(30)35)26(33-34(24)28)20-12-8-18(9-13-20)6-7-19-10-14-21(29)15-11-19/h2-5,8-15,24,31-32H,6-7,16-17H2,1H3,(H2,30,35). The van der Waals surface area contributed by atoms with Crippen LogP contribution in [-0.4, -0.2) is 29.3 Å². The minimum atomic E-state index is -0.503. The molecule has 1 unspecified atom stereocenters. The number of anilines is 2. The van der Waals surface area contributed by atoms with Crippen LogP contribution in [0.2, 0.25) is 0 Å². The van der Waals surface area contributed by atoms with Gasteiger partial charge in [-0.15, -0.1) is 0 Å². The lowest BCUT2D eigenvalue weighted by atomic mass is 9.99. The number of aromatic nitrogens is 2. The molecule has 0 saturated carbocycles. The first-order chi connectivity index (χ1) is 17.0. The third-order valence-corrected chi connectivity index (χ3v) is 6.59. The normalized spacial score (nSPS) is 14.7. The number of halogens is 1. The molecule has 1 aliphatic heterocycles. The number of aryl methyl sites for hydroxylation is 2. The molecule has 4 N–H and O–H groups in total. The Kier molecular flexibility index (Phi) is 6.23. The predicted octanol–water partition coefficient (Wildman–Crippen LogP) is 5.02. The fraction of sp³-hybridized carbons (Fsp3) is 0.214. The van der Waals surface area contributed by atoms with Gasteiger partial charge in [-0.1, -0.05) is 54.6 Å². The molecule has 0 saturated heterocycles. The van der Waals surface area contributed by atoms with E-state index in [9.17, 15) is 9.18 Å². The van der Waals surface area contributed by atoms with Crippen LogP contribution in [0, 0.1) is 5.82 Å². The van der Waals surface area contributed by atoms with E-state index in [-0.39, 0.29) is 11.9 Å². The van der Waals surface area contributed by atoms with Gasteiger partial charge in [0.15, 0.2) is 0 Å². The van der Waals surface area contributed by atoms with Crippen molar-refractivity contribution in [2.45, 2.75) is 25.3 Å². The Morgan fingerprint density at radius 1 is 1.06 bits per heavy atom. The highest BCUT2D eigenvalue weighted by atomic mass is 19.1. The molecular formula is C28H28FN5O. The van der Waals surface area contributed by atoms with E-state index >= 15 is 0 Å². The van der Waals surface area contributed by atoms with E-state index in [0.717, 1.165) is 53.7 Å². The molecule has 7 heteroatoms. The van der Waals surface area contributed by atoms with Gasteiger partial charge in [-0.05, 0) is 54.2 Å². The number of rotatable bonds is 7. The number of hydrogen-bond donors (Lipinski definition) is 3. The number of para-hydroxylation sites is 1. The van der Waals surface area contributed by atoms with Crippen LogP contribution >= 0.6 is 0 Å². The molecule has 3 aromatic carbocycles. The van der Waals surface area contributed by atoms with Gasteiger partial charge in [-0.25, -0.2) is 9.07 Å². The second-order valence-electron chi connectivity index (χ2n) is 8.77. The van der Waals surface area contributed by atoms with Crippen molar-refractivity contribution in [3.8, 4) is 11.3 Å². The lowest BCUT2D eigenvalue weighted by Crippen LogP contribution is -2.26. The first-order valence-electron chi connectivity index (χ1n) is 11.8. The molecule has 178 valence electrons. The number of amides is 1. The Hall–Kier alpha value is -4.13. The number of primary amides is 1. The lowest BCUT2D eigenvalue weighted by Gasteiger charge is -2.27. The molecule has 0 fully saturated rings. The van der Waals surface area contributed by atoms with Gasteiger partial charge in [-0.2, -0.15) is 5.10 Å². The minimum Gasteiger partial charge on any atom is -0.388 e. The van der Waals surface area contributed by atoms with Crippen LogP contribution in [0.4, 0.5) is 15.9 Å². The van der Waals surface area contributed by atoms with E-state index in [4.69, 9.17) is 10.8 Å². The van der Waals surface area contributed by atoms with Gasteiger partial charge in [0.25, 0.3) is 5.91 Å². The van der Waals surface area contributed by atoms with Crippen molar-refractivity contribution in [2.24, 2.45) is 5.73 Å². The monoisotopic (exact) mass is 469 g/mol. The maximum atomic E-state index is 13.1. The zero-order valence-corrected chi connectivity index (χ0v) is 19.6. The fourth-order valence-corrected chi connectivity index (χ4v) is 4.79. The number of nitrogens with two attached hydrogens (primary N) is 1. The highest BCUT2D eigenvalue weighted by Crippen LogP contribution is 2.38. The molecule has 4 aromatic rings. The number of carbonyl (C=O) groups excluding carboxylic acids is 1. The molecule has 2 heterocycles. The van der Waals surface area contributed by atoms with E-state index in [1.807, 2.05) is 66.3 Å².